The zero-order chi connectivity index (χ0) is 23.4. The summed E-state index contributed by atoms with van der Waals surface area (Å²) in [6, 6.07) is 19.0. The molecule has 3 heterocycles. The lowest BCUT2D eigenvalue weighted by Gasteiger charge is -2.39. The second-order valence-electron chi connectivity index (χ2n) is 7.84. The highest BCUT2D eigenvalue weighted by atomic mass is 79.9. The van der Waals surface area contributed by atoms with E-state index in [0.717, 1.165) is 4.47 Å². The number of para-hydroxylation sites is 1. The topological polar surface area (TPSA) is 86.2 Å². The molecule has 2 amide bonds. The third-order valence-electron chi connectivity index (χ3n) is 5.83. The molecule has 7 nitrogen and oxygen atoms in total. The van der Waals surface area contributed by atoms with Gasteiger partial charge in [-0.15, -0.1) is 5.10 Å². The number of nitrogens with one attached hydrogen (secondary N) is 2. The number of carbonyl (C=O) groups is 2. The Morgan fingerprint density at radius 1 is 1.03 bits per heavy atom. The molecular weight excluding hydrogens is 521 g/mol. The van der Waals surface area contributed by atoms with Gasteiger partial charge in [0.25, 0.3) is 17.5 Å². The van der Waals surface area contributed by atoms with Crippen LogP contribution in [0.1, 0.15) is 11.1 Å². The SMILES string of the molecule is O=C1NC(SCc2ccccc2F)=NN2C1=c1ccccc1=NC21C(=O)Nc2ccc(Br)cc21. The Bertz CT molecular complexity index is 1560. The molecule has 0 bridgehead atoms. The van der Waals surface area contributed by atoms with Crippen LogP contribution in [0.25, 0.3) is 5.70 Å². The van der Waals surface area contributed by atoms with E-state index in [1.807, 2.05) is 6.07 Å². The fourth-order valence-corrected chi connectivity index (χ4v) is 5.47. The number of rotatable bonds is 2. The zero-order valence-corrected chi connectivity index (χ0v) is 19.8. The molecular formula is C24H15BrFN5O2S. The van der Waals surface area contributed by atoms with Crippen molar-refractivity contribution in [2.24, 2.45) is 10.1 Å². The number of hydrazone groups is 1. The summed E-state index contributed by atoms with van der Waals surface area (Å²) in [6.45, 7) is 0. The first-order valence-electron chi connectivity index (χ1n) is 10.3. The number of hydrogen-bond donors (Lipinski definition) is 2. The molecule has 1 unspecified atom stereocenters. The van der Waals surface area contributed by atoms with Gasteiger partial charge in [0, 0.05) is 26.7 Å². The van der Waals surface area contributed by atoms with Gasteiger partial charge in [0.1, 0.15) is 11.5 Å². The molecule has 3 aliphatic rings. The minimum absolute atomic E-state index is 0.226. The molecule has 0 radical (unpaired) electrons. The van der Waals surface area contributed by atoms with E-state index >= 15 is 0 Å². The first-order chi connectivity index (χ1) is 16.5. The van der Waals surface area contributed by atoms with E-state index in [2.05, 4.69) is 31.7 Å². The number of hydrogen-bond acceptors (Lipinski definition) is 6. The molecule has 168 valence electrons. The van der Waals surface area contributed by atoms with E-state index < -0.39 is 17.5 Å². The van der Waals surface area contributed by atoms with Gasteiger partial charge >= 0.3 is 0 Å². The van der Waals surface area contributed by atoms with Crippen molar-refractivity contribution in [1.29, 1.82) is 0 Å². The van der Waals surface area contributed by atoms with Crippen LogP contribution in [0.2, 0.25) is 0 Å². The van der Waals surface area contributed by atoms with Gasteiger partial charge in [0.2, 0.25) is 0 Å². The van der Waals surface area contributed by atoms with Crippen LogP contribution < -0.4 is 21.2 Å². The zero-order valence-electron chi connectivity index (χ0n) is 17.4. The predicted octanol–water partition coefficient (Wildman–Crippen LogP) is 2.77. The number of anilines is 1. The predicted molar refractivity (Wildman–Crippen MR) is 130 cm³/mol. The van der Waals surface area contributed by atoms with Crippen molar-refractivity contribution >= 4 is 56.1 Å². The van der Waals surface area contributed by atoms with Crippen LogP contribution in [0.15, 0.2) is 81.3 Å². The van der Waals surface area contributed by atoms with Crippen LogP contribution in [0, 0.1) is 5.82 Å². The lowest BCUT2D eigenvalue weighted by Crippen LogP contribution is -2.59. The van der Waals surface area contributed by atoms with Gasteiger partial charge in [-0.2, -0.15) is 0 Å². The van der Waals surface area contributed by atoms with Gasteiger partial charge in [0.05, 0.1) is 5.36 Å². The largest absolute Gasteiger partial charge is 0.321 e. The molecule has 3 aromatic rings. The summed E-state index contributed by atoms with van der Waals surface area (Å²) in [6.07, 6.45) is 0. The summed E-state index contributed by atoms with van der Waals surface area (Å²) in [5.41, 5.74) is 0.289. The molecule has 6 rings (SSSR count). The highest BCUT2D eigenvalue weighted by Crippen LogP contribution is 2.46. The fourth-order valence-electron chi connectivity index (χ4n) is 4.28. The summed E-state index contributed by atoms with van der Waals surface area (Å²) in [5.74, 6) is -0.907. The van der Waals surface area contributed by atoms with Crippen LogP contribution in [0.5, 0.6) is 0 Å². The molecule has 3 aliphatic heterocycles. The minimum Gasteiger partial charge on any atom is -0.321 e. The molecule has 1 atom stereocenters. The monoisotopic (exact) mass is 535 g/mol. The molecule has 0 aromatic heterocycles. The van der Waals surface area contributed by atoms with Crippen molar-refractivity contribution in [2.45, 2.75) is 11.4 Å². The van der Waals surface area contributed by atoms with Crippen molar-refractivity contribution in [3.63, 3.8) is 0 Å². The van der Waals surface area contributed by atoms with Gasteiger partial charge in [-0.3, -0.25) is 14.9 Å². The number of halogens is 2. The van der Waals surface area contributed by atoms with Crippen molar-refractivity contribution in [3.05, 3.63) is 98.7 Å². The van der Waals surface area contributed by atoms with Gasteiger partial charge in [-0.1, -0.05) is 64.1 Å². The van der Waals surface area contributed by atoms with Crippen LogP contribution in [-0.4, -0.2) is 22.0 Å². The molecule has 0 saturated heterocycles. The van der Waals surface area contributed by atoms with Gasteiger partial charge in [0.15, 0.2) is 5.17 Å². The van der Waals surface area contributed by atoms with Crippen LogP contribution in [0.4, 0.5) is 10.1 Å². The molecule has 0 aliphatic carbocycles. The average Bonchev–Trinajstić information content (AvgIpc) is 3.10. The number of nitrogens with zero attached hydrogens (tertiary/aromatic N) is 3. The third kappa shape index (κ3) is 3.09. The van der Waals surface area contributed by atoms with Gasteiger partial charge in [-0.25, -0.2) is 14.4 Å². The summed E-state index contributed by atoms with van der Waals surface area (Å²) < 4.78 is 14.9. The maximum absolute atomic E-state index is 14.1. The van der Waals surface area contributed by atoms with E-state index in [4.69, 9.17) is 4.99 Å². The van der Waals surface area contributed by atoms with E-state index in [-0.39, 0.29) is 22.4 Å². The standard InChI is InChI=1S/C24H15BrFN5O2S/c25-14-9-10-19-16(11-14)24(22(33)27-19)29-18-8-4-2-6-15(18)20-21(32)28-23(30-31(20)24)34-12-13-5-1-3-7-17(13)26/h1-11H,12H2,(H,27,33)(H,28,30,32). The highest BCUT2D eigenvalue weighted by molar-refractivity contribution is 9.10. The highest BCUT2D eigenvalue weighted by Gasteiger charge is 2.56. The first-order valence-corrected chi connectivity index (χ1v) is 12.1. The van der Waals surface area contributed by atoms with Gasteiger partial charge < -0.3 is 5.32 Å². The number of thioether (sulfide) groups is 1. The Labute approximate surface area is 205 Å². The fraction of sp³-hybridized carbons (Fsp3) is 0.0833. The summed E-state index contributed by atoms with van der Waals surface area (Å²) in [5, 5.41) is 13.1. The van der Waals surface area contributed by atoms with Crippen LogP contribution >= 0.6 is 27.7 Å². The molecule has 1 spiro atoms. The number of carbonyl (C=O) groups excluding carboxylic acids is 2. The number of fused-ring (bicyclic) bond motifs is 5. The smallest absolute Gasteiger partial charge is 0.279 e. The summed E-state index contributed by atoms with van der Waals surface area (Å²) in [7, 11) is 0. The molecule has 10 heteroatoms. The molecule has 34 heavy (non-hydrogen) atoms. The van der Waals surface area contributed by atoms with Crippen molar-refractivity contribution in [2.75, 3.05) is 5.32 Å². The van der Waals surface area contributed by atoms with Crippen LogP contribution in [0.3, 0.4) is 0 Å². The molecule has 3 aromatic carbocycles. The lowest BCUT2D eigenvalue weighted by atomic mass is 9.97. The first kappa shape index (κ1) is 21.1. The van der Waals surface area contributed by atoms with E-state index in [1.54, 1.807) is 54.6 Å². The quantitative estimate of drug-likeness (QED) is 0.528. The lowest BCUT2D eigenvalue weighted by molar-refractivity contribution is -0.127. The van der Waals surface area contributed by atoms with Gasteiger partial charge in [-0.05, 0) is 35.9 Å². The second-order valence-corrected chi connectivity index (χ2v) is 9.72. The Morgan fingerprint density at radius 2 is 1.82 bits per heavy atom. The summed E-state index contributed by atoms with van der Waals surface area (Å²) in [4.78, 5) is 31.7. The van der Waals surface area contributed by atoms with Crippen molar-refractivity contribution in [3.8, 4) is 0 Å². The molecule has 0 saturated carbocycles. The third-order valence-corrected chi connectivity index (χ3v) is 7.24. The van der Waals surface area contributed by atoms with Crippen LogP contribution in [-0.2, 0) is 21.0 Å². The van der Waals surface area contributed by atoms with E-state index in [1.165, 1.54) is 22.8 Å². The normalized spacial score (nSPS) is 20.1. The van der Waals surface area contributed by atoms with Crippen molar-refractivity contribution in [1.82, 2.24) is 10.3 Å². The van der Waals surface area contributed by atoms with E-state index in [9.17, 15) is 14.0 Å². The van der Waals surface area contributed by atoms with Crippen molar-refractivity contribution < 1.29 is 14.0 Å². The maximum Gasteiger partial charge on any atom is 0.279 e. The Kier molecular flexibility index (Phi) is 4.82. The number of benzene rings is 3. The Hall–Kier alpha value is -3.50. The minimum atomic E-state index is -1.59. The number of amides is 2. The molecule has 2 N–H and O–H groups in total. The molecule has 0 fully saturated rings. The average molecular weight is 536 g/mol. The Morgan fingerprint density at radius 3 is 2.68 bits per heavy atom. The summed E-state index contributed by atoms with van der Waals surface area (Å²) >= 11 is 4.65. The Balaban J connectivity index is 1.53. The maximum atomic E-state index is 14.1. The van der Waals surface area contributed by atoms with E-state index in [0.29, 0.717) is 27.4 Å². The second kappa shape index (κ2) is 7.78. The number of amidine groups is 1.